The van der Waals surface area contributed by atoms with Crippen LogP contribution in [0.3, 0.4) is 0 Å². The number of halogens is 1. The van der Waals surface area contributed by atoms with Gasteiger partial charge in [-0.3, -0.25) is 24.2 Å². The highest BCUT2D eigenvalue weighted by atomic mass is 19.1. The van der Waals surface area contributed by atoms with Crippen molar-refractivity contribution in [3.05, 3.63) is 131 Å². The van der Waals surface area contributed by atoms with Crippen molar-refractivity contribution in [3.8, 4) is 28.5 Å². The highest BCUT2D eigenvalue weighted by Crippen LogP contribution is 2.33. The summed E-state index contributed by atoms with van der Waals surface area (Å²) < 4.78 is 29.7. The van der Waals surface area contributed by atoms with Crippen LogP contribution in [0.25, 0.3) is 22.2 Å². The molecule has 0 aliphatic heterocycles. The molecule has 6 rings (SSSR count). The Morgan fingerprint density at radius 3 is 2.43 bits per heavy atom. The Morgan fingerprint density at radius 1 is 0.932 bits per heavy atom. The molecule has 0 fully saturated rings. The number of nitrogens with zero attached hydrogens (tertiary/aromatic N) is 4. The minimum Gasteiger partial charge on any atom is -0.497 e. The summed E-state index contributed by atoms with van der Waals surface area (Å²) in [5.41, 5.74) is 2.21. The maximum atomic E-state index is 15.3. The summed E-state index contributed by atoms with van der Waals surface area (Å²) in [6.07, 6.45) is 4.75. The molecule has 3 heterocycles. The number of fused-ring (bicyclic) bond motifs is 1. The van der Waals surface area contributed by atoms with Crippen LogP contribution in [0.1, 0.15) is 28.9 Å². The first kappa shape index (κ1) is 28.4. The van der Waals surface area contributed by atoms with Crippen LogP contribution in [0.2, 0.25) is 0 Å². The molecule has 220 valence electrons. The van der Waals surface area contributed by atoms with Crippen molar-refractivity contribution in [2.75, 3.05) is 12.4 Å². The standard InChI is InChI=1S/C34H28FN5O4/c1-21(22-7-5-4-6-8-22)40-34(42)31(32(39(40)2)23-13-16-36-17-14-23)33(41)38-24-9-12-30(27(35)19-24)44-29-15-18-37-28-20-25(43-3)10-11-26(28)29/h4-21H,1-3H3,(H,38,41)/t21-/m0/s1. The second-order valence-corrected chi connectivity index (χ2v) is 10.1. The largest absolute Gasteiger partial charge is 0.497 e. The van der Waals surface area contributed by atoms with Gasteiger partial charge in [0.15, 0.2) is 11.6 Å². The van der Waals surface area contributed by atoms with Gasteiger partial charge in [0.05, 0.1) is 24.4 Å². The van der Waals surface area contributed by atoms with Gasteiger partial charge >= 0.3 is 0 Å². The second-order valence-electron chi connectivity index (χ2n) is 10.1. The molecule has 6 aromatic rings. The number of nitrogens with one attached hydrogen (secondary N) is 1. The molecule has 0 saturated carbocycles. The third-order valence-corrected chi connectivity index (χ3v) is 7.45. The van der Waals surface area contributed by atoms with Gasteiger partial charge in [-0.25, -0.2) is 9.07 Å². The highest BCUT2D eigenvalue weighted by Gasteiger charge is 2.28. The quantitative estimate of drug-likeness (QED) is 0.215. The lowest BCUT2D eigenvalue weighted by molar-refractivity contribution is 0.102. The molecule has 0 saturated heterocycles. The Hall–Kier alpha value is -5.77. The van der Waals surface area contributed by atoms with Crippen LogP contribution < -0.4 is 20.3 Å². The van der Waals surface area contributed by atoms with Gasteiger partial charge in [0.2, 0.25) is 0 Å². The molecule has 0 bridgehead atoms. The van der Waals surface area contributed by atoms with Gasteiger partial charge in [-0.2, -0.15) is 0 Å². The monoisotopic (exact) mass is 589 g/mol. The van der Waals surface area contributed by atoms with E-state index in [-0.39, 0.29) is 23.0 Å². The first-order valence-corrected chi connectivity index (χ1v) is 13.8. The number of pyridine rings is 2. The summed E-state index contributed by atoms with van der Waals surface area (Å²) in [5.74, 6) is -0.354. The molecule has 1 atom stereocenters. The highest BCUT2D eigenvalue weighted by molar-refractivity contribution is 6.08. The third kappa shape index (κ3) is 5.29. The number of hydrogen-bond donors (Lipinski definition) is 1. The SMILES string of the molecule is COc1ccc2c(Oc3ccc(NC(=O)c4c(-c5ccncc5)n(C)n([C@@H](C)c5ccccc5)c4=O)cc3F)ccnc2c1. The lowest BCUT2D eigenvalue weighted by atomic mass is 10.1. The van der Waals surface area contributed by atoms with Gasteiger partial charge in [0.1, 0.15) is 17.1 Å². The number of carbonyl (C=O) groups is 1. The zero-order valence-electron chi connectivity index (χ0n) is 24.2. The normalized spacial score (nSPS) is 11.7. The van der Waals surface area contributed by atoms with E-state index in [1.165, 1.54) is 16.8 Å². The van der Waals surface area contributed by atoms with E-state index in [4.69, 9.17) is 9.47 Å². The average molecular weight is 590 g/mol. The van der Waals surface area contributed by atoms with Crippen molar-refractivity contribution < 1.29 is 18.7 Å². The van der Waals surface area contributed by atoms with Crippen LogP contribution in [-0.2, 0) is 7.05 Å². The van der Waals surface area contributed by atoms with Crippen LogP contribution in [0.5, 0.6) is 17.2 Å². The first-order valence-electron chi connectivity index (χ1n) is 13.8. The number of benzene rings is 3. The lowest BCUT2D eigenvalue weighted by Crippen LogP contribution is -2.29. The number of aromatic nitrogens is 4. The fraction of sp³-hybridized carbons (Fsp3) is 0.118. The summed E-state index contributed by atoms with van der Waals surface area (Å²) in [7, 11) is 3.30. The van der Waals surface area contributed by atoms with Gasteiger partial charge in [0.25, 0.3) is 11.5 Å². The van der Waals surface area contributed by atoms with Gasteiger partial charge in [-0.05, 0) is 55.0 Å². The molecular weight excluding hydrogens is 561 g/mol. The maximum absolute atomic E-state index is 15.3. The van der Waals surface area contributed by atoms with Gasteiger partial charge in [0, 0.05) is 54.4 Å². The summed E-state index contributed by atoms with van der Waals surface area (Å²) in [4.78, 5) is 36.0. The van der Waals surface area contributed by atoms with Crippen LogP contribution in [0.4, 0.5) is 10.1 Å². The van der Waals surface area contributed by atoms with E-state index in [9.17, 15) is 9.59 Å². The summed E-state index contributed by atoms with van der Waals surface area (Å²) in [6.45, 7) is 1.89. The van der Waals surface area contributed by atoms with Crippen molar-refractivity contribution >= 4 is 22.5 Å². The number of ether oxygens (including phenoxy) is 2. The van der Waals surface area contributed by atoms with Gasteiger partial charge in [-0.1, -0.05) is 30.3 Å². The van der Waals surface area contributed by atoms with Crippen molar-refractivity contribution in [2.45, 2.75) is 13.0 Å². The topological polar surface area (TPSA) is 100 Å². The van der Waals surface area contributed by atoms with Crippen LogP contribution in [0.15, 0.2) is 108 Å². The van der Waals surface area contributed by atoms with Crippen molar-refractivity contribution in [3.63, 3.8) is 0 Å². The predicted octanol–water partition coefficient (Wildman–Crippen LogP) is 6.60. The van der Waals surface area contributed by atoms with Crippen LogP contribution >= 0.6 is 0 Å². The number of amides is 1. The maximum Gasteiger partial charge on any atom is 0.280 e. The van der Waals surface area contributed by atoms with E-state index in [1.54, 1.807) is 73.8 Å². The smallest absolute Gasteiger partial charge is 0.280 e. The zero-order valence-corrected chi connectivity index (χ0v) is 24.2. The molecule has 0 spiro atoms. The van der Waals surface area contributed by atoms with Gasteiger partial charge in [-0.15, -0.1) is 0 Å². The van der Waals surface area contributed by atoms with Crippen molar-refractivity contribution in [1.82, 2.24) is 19.3 Å². The molecule has 1 amide bonds. The summed E-state index contributed by atoms with van der Waals surface area (Å²) in [6, 6.07) is 23.7. The second kappa shape index (κ2) is 11.8. The Labute approximate surface area is 252 Å². The molecular formula is C34H28FN5O4. The van der Waals surface area contributed by atoms with Crippen LogP contribution in [-0.4, -0.2) is 32.3 Å². The predicted molar refractivity (Wildman–Crippen MR) is 166 cm³/mol. The number of methoxy groups -OCH3 is 1. The third-order valence-electron chi connectivity index (χ3n) is 7.45. The number of rotatable bonds is 8. The van der Waals surface area contributed by atoms with E-state index in [0.717, 1.165) is 11.6 Å². The van der Waals surface area contributed by atoms with Crippen LogP contribution in [0, 0.1) is 5.82 Å². The van der Waals surface area contributed by atoms with E-state index in [0.29, 0.717) is 33.7 Å². The Balaban J connectivity index is 1.32. The Bertz CT molecular complexity index is 2040. The molecule has 3 aromatic carbocycles. The zero-order chi connectivity index (χ0) is 30.8. The molecule has 1 N–H and O–H groups in total. The van der Waals surface area contributed by atoms with Gasteiger partial charge < -0.3 is 14.8 Å². The first-order chi connectivity index (χ1) is 21.4. The molecule has 0 aliphatic rings. The van der Waals surface area contributed by atoms with E-state index in [1.807, 2.05) is 37.3 Å². The number of carbonyl (C=O) groups excluding carboxylic acids is 1. The Morgan fingerprint density at radius 2 is 1.70 bits per heavy atom. The fourth-order valence-corrected chi connectivity index (χ4v) is 5.27. The van der Waals surface area contributed by atoms with E-state index < -0.39 is 17.3 Å². The van der Waals surface area contributed by atoms with Crippen molar-refractivity contribution in [2.24, 2.45) is 7.05 Å². The molecule has 9 nitrogen and oxygen atoms in total. The van der Waals surface area contributed by atoms with Crippen molar-refractivity contribution in [1.29, 1.82) is 0 Å². The lowest BCUT2D eigenvalue weighted by Gasteiger charge is -2.17. The summed E-state index contributed by atoms with van der Waals surface area (Å²) in [5, 5.41) is 3.38. The van der Waals surface area contributed by atoms with E-state index in [2.05, 4.69) is 15.3 Å². The minimum absolute atomic E-state index is 0.0393. The summed E-state index contributed by atoms with van der Waals surface area (Å²) >= 11 is 0. The average Bonchev–Trinajstić information content (AvgIpc) is 3.32. The molecule has 44 heavy (non-hydrogen) atoms. The Kier molecular flexibility index (Phi) is 7.63. The molecule has 10 heteroatoms. The fourth-order valence-electron chi connectivity index (χ4n) is 5.27. The molecule has 0 unspecified atom stereocenters. The molecule has 0 aliphatic carbocycles. The van der Waals surface area contributed by atoms with E-state index >= 15 is 4.39 Å². The molecule has 3 aromatic heterocycles. The minimum atomic E-state index is -0.696. The molecule has 0 radical (unpaired) electrons. The number of hydrogen-bond acceptors (Lipinski definition) is 6. The number of anilines is 1.